The lowest BCUT2D eigenvalue weighted by molar-refractivity contribution is -0.160. The molecule has 1 saturated heterocycles. The zero-order valence-corrected chi connectivity index (χ0v) is 15.5. The minimum atomic E-state index is -2.68. The normalized spacial score (nSPS) is 16.9. The second-order valence-corrected chi connectivity index (χ2v) is 7.16. The first-order valence-electron chi connectivity index (χ1n) is 8.47. The van der Waals surface area contributed by atoms with E-state index in [1.54, 1.807) is 24.3 Å². The summed E-state index contributed by atoms with van der Waals surface area (Å²) < 4.78 is 10.9. The van der Waals surface area contributed by atoms with Crippen LogP contribution in [0, 0.1) is 6.92 Å². The Morgan fingerprint density at radius 1 is 1.27 bits per heavy atom. The first-order chi connectivity index (χ1) is 12.5. The van der Waals surface area contributed by atoms with Crippen LogP contribution in [0.5, 0.6) is 0 Å². The standard InChI is InChI=1S/C14H12NO3P.C5H11NO/c1-10-5-7-12(8-6-10)15-14(16)11-3-2-4-13(9-11)19(17)18;7-5-2-1-3-6-4-5/h2-9H,1H3,(H,15,16);5-7H,1-4H2. The van der Waals surface area contributed by atoms with E-state index in [-0.39, 0.29) is 17.3 Å². The lowest BCUT2D eigenvalue weighted by Crippen LogP contribution is -2.33. The number of anilines is 1. The topological polar surface area (TPSA) is 101 Å². The van der Waals surface area contributed by atoms with Gasteiger partial charge in [0.2, 0.25) is 0 Å². The molecule has 7 heteroatoms. The summed E-state index contributed by atoms with van der Waals surface area (Å²) in [5, 5.41) is 14.8. The summed E-state index contributed by atoms with van der Waals surface area (Å²) in [5.74, 6) is -0.331. The third kappa shape index (κ3) is 6.65. The molecule has 2 unspecified atom stereocenters. The summed E-state index contributed by atoms with van der Waals surface area (Å²) in [6.45, 7) is 3.83. The van der Waals surface area contributed by atoms with E-state index < -0.39 is 8.03 Å². The second-order valence-electron chi connectivity index (χ2n) is 6.13. The first kappa shape index (κ1) is 20.2. The van der Waals surface area contributed by atoms with Crippen molar-refractivity contribution < 1.29 is 19.4 Å². The maximum atomic E-state index is 12.0. The molecule has 6 nitrogen and oxygen atoms in total. The molecule has 26 heavy (non-hydrogen) atoms. The molecule has 0 radical (unpaired) electrons. The van der Waals surface area contributed by atoms with Crippen molar-refractivity contribution >= 4 is 24.9 Å². The second kappa shape index (κ2) is 10.1. The number of aliphatic hydroxyl groups excluding tert-OH is 1. The number of aliphatic hydroxyl groups is 1. The van der Waals surface area contributed by atoms with Crippen LogP contribution in [0.25, 0.3) is 0 Å². The third-order valence-corrected chi connectivity index (χ3v) is 4.60. The first-order valence-corrected chi connectivity index (χ1v) is 9.64. The van der Waals surface area contributed by atoms with Gasteiger partial charge in [-0.2, -0.15) is 0 Å². The number of benzene rings is 2. The Bertz CT molecular complexity index is 743. The minimum absolute atomic E-state index is 0.0752. The maximum absolute atomic E-state index is 12.0. The molecule has 3 N–H and O–H groups in total. The van der Waals surface area contributed by atoms with Crippen LogP contribution in [0.4, 0.5) is 5.69 Å². The fraction of sp³-hybridized carbons (Fsp3) is 0.316. The summed E-state index contributed by atoms with van der Waals surface area (Å²) in [4.78, 5) is 22.8. The van der Waals surface area contributed by atoms with Crippen LogP contribution in [0.1, 0.15) is 28.8 Å². The Morgan fingerprint density at radius 3 is 2.54 bits per heavy atom. The van der Waals surface area contributed by atoms with Crippen molar-refractivity contribution in [1.29, 1.82) is 0 Å². The zero-order valence-electron chi connectivity index (χ0n) is 14.6. The molecule has 2 atom stereocenters. The summed E-state index contributed by atoms with van der Waals surface area (Å²) in [7, 11) is -2.68. The molecule has 0 saturated carbocycles. The summed E-state index contributed by atoms with van der Waals surface area (Å²) in [6.07, 6.45) is 2.03. The summed E-state index contributed by atoms with van der Waals surface area (Å²) >= 11 is 0. The molecule has 2 aromatic carbocycles. The monoisotopic (exact) mass is 374 g/mol. The van der Waals surface area contributed by atoms with Crippen molar-refractivity contribution in [3.8, 4) is 0 Å². The van der Waals surface area contributed by atoms with E-state index in [0.29, 0.717) is 11.3 Å². The molecule has 0 bridgehead atoms. The van der Waals surface area contributed by atoms with Crippen LogP contribution < -0.4 is 20.8 Å². The Morgan fingerprint density at radius 2 is 2.00 bits per heavy atom. The van der Waals surface area contributed by atoms with Gasteiger partial charge in [0.05, 0.1) is 6.10 Å². The van der Waals surface area contributed by atoms with Gasteiger partial charge in [0.15, 0.2) is 5.30 Å². The van der Waals surface area contributed by atoms with Gasteiger partial charge in [-0.1, -0.05) is 28.3 Å². The number of nitrogens with one attached hydrogen (secondary N) is 2. The molecule has 1 amide bonds. The number of amides is 1. The predicted molar refractivity (Wildman–Crippen MR) is 101 cm³/mol. The van der Waals surface area contributed by atoms with Crippen molar-refractivity contribution in [3.05, 3.63) is 59.7 Å². The van der Waals surface area contributed by atoms with E-state index in [0.717, 1.165) is 31.5 Å². The van der Waals surface area contributed by atoms with Crippen molar-refractivity contribution in [2.75, 3.05) is 18.4 Å². The van der Waals surface area contributed by atoms with E-state index in [1.807, 2.05) is 19.1 Å². The van der Waals surface area contributed by atoms with Crippen molar-refractivity contribution in [2.24, 2.45) is 0 Å². The fourth-order valence-electron chi connectivity index (χ4n) is 2.43. The molecule has 1 heterocycles. The largest absolute Gasteiger partial charge is 0.591 e. The van der Waals surface area contributed by atoms with Gasteiger partial charge in [-0.05, 0) is 50.6 Å². The SMILES string of the molecule is Cc1ccc(NC(=O)c2cccc([P+](=O)[O-])c2)cc1.OC1CCCNC1. The van der Waals surface area contributed by atoms with E-state index in [1.165, 1.54) is 12.1 Å². The van der Waals surface area contributed by atoms with Crippen molar-refractivity contribution in [3.63, 3.8) is 0 Å². The number of carbonyl (C=O) groups is 1. The molecule has 1 aliphatic rings. The van der Waals surface area contributed by atoms with Gasteiger partial charge < -0.3 is 20.6 Å². The van der Waals surface area contributed by atoms with Gasteiger partial charge in [0.25, 0.3) is 5.91 Å². The maximum Gasteiger partial charge on any atom is 0.348 e. The molecule has 1 aliphatic heterocycles. The van der Waals surface area contributed by atoms with Gasteiger partial charge in [-0.3, -0.25) is 4.79 Å². The highest BCUT2D eigenvalue weighted by molar-refractivity contribution is 7.45. The summed E-state index contributed by atoms with van der Waals surface area (Å²) in [6, 6.07) is 13.3. The number of hydrogen-bond acceptors (Lipinski definition) is 5. The predicted octanol–water partition coefficient (Wildman–Crippen LogP) is 1.71. The van der Waals surface area contributed by atoms with Crippen LogP contribution in [-0.2, 0) is 4.57 Å². The molecule has 0 aromatic heterocycles. The number of carbonyl (C=O) groups excluding carboxylic acids is 1. The van der Waals surface area contributed by atoms with Gasteiger partial charge >= 0.3 is 8.03 Å². The summed E-state index contributed by atoms with van der Waals surface area (Å²) in [5.41, 5.74) is 2.09. The Hall–Kier alpha value is -2.11. The molecular formula is C19H23N2O4P. The fourth-order valence-corrected chi connectivity index (χ4v) is 2.89. The van der Waals surface area contributed by atoms with E-state index in [2.05, 4.69) is 10.6 Å². The van der Waals surface area contributed by atoms with Crippen LogP contribution >= 0.6 is 8.03 Å². The van der Waals surface area contributed by atoms with Gasteiger partial charge in [-0.15, -0.1) is 0 Å². The highest BCUT2D eigenvalue weighted by Gasteiger charge is 2.12. The number of aryl methyl sites for hydroxylation is 1. The number of hydrogen-bond donors (Lipinski definition) is 3. The average Bonchev–Trinajstić information content (AvgIpc) is 2.65. The highest BCUT2D eigenvalue weighted by atomic mass is 31.1. The van der Waals surface area contributed by atoms with E-state index >= 15 is 0 Å². The Balaban J connectivity index is 0.000000290. The lowest BCUT2D eigenvalue weighted by atomic mass is 10.1. The number of piperidine rings is 1. The minimum Gasteiger partial charge on any atom is -0.591 e. The molecule has 0 aliphatic carbocycles. The molecule has 3 rings (SSSR count). The Kier molecular flexibility index (Phi) is 7.88. The van der Waals surface area contributed by atoms with Gasteiger partial charge in [0.1, 0.15) is 0 Å². The molecule has 2 aromatic rings. The van der Waals surface area contributed by atoms with Crippen molar-refractivity contribution in [2.45, 2.75) is 25.9 Å². The van der Waals surface area contributed by atoms with Crippen LogP contribution in [0.3, 0.4) is 0 Å². The van der Waals surface area contributed by atoms with Gasteiger partial charge in [0, 0.05) is 23.9 Å². The van der Waals surface area contributed by atoms with Crippen LogP contribution in [0.15, 0.2) is 48.5 Å². The highest BCUT2D eigenvalue weighted by Crippen LogP contribution is 2.13. The number of β-amino-alcohol motifs (C(OH)–C–C–N with tert-alkyl or cyclic N) is 1. The van der Waals surface area contributed by atoms with Crippen molar-refractivity contribution in [1.82, 2.24) is 5.32 Å². The quantitative estimate of drug-likeness (QED) is 0.710. The Labute approximate surface area is 154 Å². The van der Waals surface area contributed by atoms with Crippen LogP contribution in [-0.4, -0.2) is 30.2 Å². The third-order valence-electron chi connectivity index (χ3n) is 3.90. The number of rotatable bonds is 3. The molecule has 138 valence electrons. The molecule has 1 fully saturated rings. The molecular weight excluding hydrogens is 351 g/mol. The smallest absolute Gasteiger partial charge is 0.348 e. The lowest BCUT2D eigenvalue weighted by Gasteiger charge is -2.16. The molecule has 0 spiro atoms. The van der Waals surface area contributed by atoms with Crippen LogP contribution in [0.2, 0.25) is 0 Å². The van der Waals surface area contributed by atoms with Gasteiger partial charge in [-0.25, -0.2) is 0 Å². The van der Waals surface area contributed by atoms with E-state index in [4.69, 9.17) is 5.11 Å². The zero-order chi connectivity index (χ0) is 18.9. The van der Waals surface area contributed by atoms with E-state index in [9.17, 15) is 14.3 Å². The average molecular weight is 374 g/mol.